The highest BCUT2D eigenvalue weighted by molar-refractivity contribution is 5.97. The normalized spacial score (nSPS) is 16.8. The van der Waals surface area contributed by atoms with Crippen LogP contribution in [0.1, 0.15) is 36.0 Å². The monoisotopic (exact) mass is 334 g/mol. The SMILES string of the molecule is O=C(O)CC1(NC(=O)CNC(=O)c2ccc3c(c2)OCO3)CCC1. The zero-order valence-electron chi connectivity index (χ0n) is 13.0. The van der Waals surface area contributed by atoms with E-state index in [1.165, 1.54) is 0 Å². The van der Waals surface area contributed by atoms with Crippen LogP contribution in [-0.4, -0.2) is 41.8 Å². The number of carboxylic acid groups (broad SMARTS) is 1. The van der Waals surface area contributed by atoms with E-state index in [-0.39, 0.29) is 19.8 Å². The summed E-state index contributed by atoms with van der Waals surface area (Å²) < 4.78 is 10.4. The van der Waals surface area contributed by atoms with Gasteiger partial charge in [-0.2, -0.15) is 0 Å². The molecule has 0 radical (unpaired) electrons. The molecule has 1 aromatic rings. The largest absolute Gasteiger partial charge is 0.481 e. The minimum absolute atomic E-state index is 0.102. The molecule has 1 aliphatic heterocycles. The van der Waals surface area contributed by atoms with Crippen LogP contribution in [0, 0.1) is 0 Å². The van der Waals surface area contributed by atoms with Gasteiger partial charge in [-0.05, 0) is 37.5 Å². The molecule has 1 aromatic carbocycles. The molecule has 2 aliphatic rings. The van der Waals surface area contributed by atoms with E-state index in [1.54, 1.807) is 18.2 Å². The molecule has 1 fully saturated rings. The van der Waals surface area contributed by atoms with Crippen molar-refractivity contribution in [3.05, 3.63) is 23.8 Å². The van der Waals surface area contributed by atoms with Gasteiger partial charge >= 0.3 is 5.97 Å². The first-order chi connectivity index (χ1) is 11.5. The number of fused-ring (bicyclic) bond motifs is 1. The van der Waals surface area contributed by atoms with Crippen LogP contribution in [0.25, 0.3) is 0 Å². The maximum absolute atomic E-state index is 12.1. The fourth-order valence-corrected chi connectivity index (χ4v) is 2.88. The third-order valence-corrected chi connectivity index (χ3v) is 4.25. The molecule has 0 bridgehead atoms. The van der Waals surface area contributed by atoms with Crippen LogP contribution < -0.4 is 20.1 Å². The van der Waals surface area contributed by atoms with Crippen LogP contribution in [-0.2, 0) is 9.59 Å². The number of amides is 2. The second kappa shape index (κ2) is 6.38. The third kappa shape index (κ3) is 3.42. The Morgan fingerprint density at radius 3 is 2.58 bits per heavy atom. The zero-order chi connectivity index (χ0) is 17.2. The molecule has 0 atom stereocenters. The van der Waals surface area contributed by atoms with Gasteiger partial charge in [0.1, 0.15) is 0 Å². The fourth-order valence-electron chi connectivity index (χ4n) is 2.88. The van der Waals surface area contributed by atoms with Gasteiger partial charge in [0.25, 0.3) is 5.91 Å². The summed E-state index contributed by atoms with van der Waals surface area (Å²) in [5, 5.41) is 14.2. The number of nitrogens with one attached hydrogen (secondary N) is 2. The minimum atomic E-state index is -0.945. The number of hydrogen-bond donors (Lipinski definition) is 3. The fraction of sp³-hybridized carbons (Fsp3) is 0.438. The van der Waals surface area contributed by atoms with Crippen molar-refractivity contribution in [1.82, 2.24) is 10.6 Å². The summed E-state index contributed by atoms with van der Waals surface area (Å²) in [5.74, 6) is -0.694. The van der Waals surface area contributed by atoms with Crippen molar-refractivity contribution >= 4 is 17.8 Å². The van der Waals surface area contributed by atoms with Crippen molar-refractivity contribution in [3.8, 4) is 11.5 Å². The molecule has 24 heavy (non-hydrogen) atoms. The standard InChI is InChI=1S/C16H18N2O6/c19-13(18-16(4-1-5-16)7-14(20)21)8-17-15(22)10-2-3-11-12(6-10)24-9-23-11/h2-3,6H,1,4-5,7-9H2,(H,17,22)(H,18,19)(H,20,21). The van der Waals surface area contributed by atoms with E-state index in [4.69, 9.17) is 14.6 Å². The molecule has 0 spiro atoms. The summed E-state index contributed by atoms with van der Waals surface area (Å²) in [6.45, 7) is -0.0941. The average Bonchev–Trinajstić information content (AvgIpc) is 2.97. The first kappa shape index (κ1) is 16.1. The van der Waals surface area contributed by atoms with Crippen LogP contribution in [0.2, 0.25) is 0 Å². The number of aliphatic carboxylic acids is 1. The Bertz CT molecular complexity index is 683. The van der Waals surface area contributed by atoms with E-state index in [2.05, 4.69) is 10.6 Å². The van der Waals surface area contributed by atoms with Crippen molar-refractivity contribution in [2.45, 2.75) is 31.2 Å². The first-order valence-corrected chi connectivity index (χ1v) is 7.68. The molecule has 1 saturated carbocycles. The quantitative estimate of drug-likeness (QED) is 0.704. The lowest BCUT2D eigenvalue weighted by Gasteiger charge is -2.41. The molecule has 0 saturated heterocycles. The van der Waals surface area contributed by atoms with Gasteiger partial charge in [0.2, 0.25) is 12.7 Å². The van der Waals surface area contributed by atoms with Crippen LogP contribution in [0.4, 0.5) is 0 Å². The Morgan fingerprint density at radius 2 is 1.92 bits per heavy atom. The van der Waals surface area contributed by atoms with Gasteiger partial charge in [-0.15, -0.1) is 0 Å². The molecular weight excluding hydrogens is 316 g/mol. The van der Waals surface area contributed by atoms with E-state index in [9.17, 15) is 14.4 Å². The lowest BCUT2D eigenvalue weighted by Crippen LogP contribution is -2.56. The van der Waals surface area contributed by atoms with Crippen molar-refractivity contribution in [1.29, 1.82) is 0 Å². The number of rotatable bonds is 6. The smallest absolute Gasteiger partial charge is 0.305 e. The van der Waals surface area contributed by atoms with Crippen LogP contribution >= 0.6 is 0 Å². The Labute approximate surface area is 138 Å². The predicted molar refractivity (Wildman–Crippen MR) is 81.9 cm³/mol. The van der Waals surface area contributed by atoms with Crippen LogP contribution in [0.5, 0.6) is 11.5 Å². The van der Waals surface area contributed by atoms with Gasteiger partial charge in [-0.3, -0.25) is 14.4 Å². The first-order valence-electron chi connectivity index (χ1n) is 7.68. The molecule has 0 aromatic heterocycles. The van der Waals surface area contributed by atoms with Gasteiger partial charge in [0, 0.05) is 5.56 Å². The van der Waals surface area contributed by atoms with Gasteiger partial charge in [0.05, 0.1) is 18.5 Å². The van der Waals surface area contributed by atoms with E-state index in [0.717, 1.165) is 6.42 Å². The lowest BCUT2D eigenvalue weighted by molar-refractivity contribution is -0.140. The van der Waals surface area contributed by atoms with Crippen molar-refractivity contribution in [2.75, 3.05) is 13.3 Å². The summed E-state index contributed by atoms with van der Waals surface area (Å²) in [4.78, 5) is 35.0. The number of carboxylic acids is 1. The molecular formula is C16H18N2O6. The van der Waals surface area contributed by atoms with Gasteiger partial charge in [0.15, 0.2) is 11.5 Å². The molecule has 8 heteroatoms. The minimum Gasteiger partial charge on any atom is -0.481 e. The highest BCUT2D eigenvalue weighted by Gasteiger charge is 2.40. The van der Waals surface area contributed by atoms with Crippen molar-refractivity contribution in [2.24, 2.45) is 0 Å². The lowest BCUT2D eigenvalue weighted by atomic mass is 9.74. The third-order valence-electron chi connectivity index (χ3n) is 4.25. The maximum atomic E-state index is 12.1. The molecule has 8 nitrogen and oxygen atoms in total. The summed E-state index contributed by atoms with van der Waals surface area (Å²) in [6, 6.07) is 4.76. The Kier molecular flexibility index (Phi) is 4.28. The predicted octanol–water partition coefficient (Wildman–Crippen LogP) is 0.659. The van der Waals surface area contributed by atoms with E-state index >= 15 is 0 Å². The van der Waals surface area contributed by atoms with E-state index in [0.29, 0.717) is 29.9 Å². The molecule has 3 rings (SSSR count). The average molecular weight is 334 g/mol. The molecule has 3 N–H and O–H groups in total. The maximum Gasteiger partial charge on any atom is 0.305 e. The van der Waals surface area contributed by atoms with Gasteiger partial charge < -0.3 is 25.2 Å². The van der Waals surface area contributed by atoms with E-state index in [1.807, 2.05) is 0 Å². The molecule has 1 heterocycles. The van der Waals surface area contributed by atoms with Crippen LogP contribution in [0.3, 0.4) is 0 Å². The summed E-state index contributed by atoms with van der Waals surface area (Å²) in [5.41, 5.74) is -0.317. The Hall–Kier alpha value is -2.77. The molecule has 1 aliphatic carbocycles. The second-order valence-electron chi connectivity index (χ2n) is 6.00. The topological polar surface area (TPSA) is 114 Å². The van der Waals surface area contributed by atoms with Crippen molar-refractivity contribution < 1.29 is 29.0 Å². The number of ether oxygens (including phenoxy) is 2. The zero-order valence-corrected chi connectivity index (χ0v) is 13.0. The molecule has 2 amide bonds. The molecule has 128 valence electrons. The highest BCUT2D eigenvalue weighted by atomic mass is 16.7. The summed E-state index contributed by atoms with van der Waals surface area (Å²) >= 11 is 0. The number of carbonyl (C=O) groups is 3. The van der Waals surface area contributed by atoms with Gasteiger partial charge in [-0.25, -0.2) is 0 Å². The van der Waals surface area contributed by atoms with Gasteiger partial charge in [-0.1, -0.05) is 0 Å². The highest BCUT2D eigenvalue weighted by Crippen LogP contribution is 2.35. The number of carbonyl (C=O) groups excluding carboxylic acids is 2. The van der Waals surface area contributed by atoms with Crippen molar-refractivity contribution in [3.63, 3.8) is 0 Å². The molecule has 0 unspecified atom stereocenters. The summed E-state index contributed by atoms with van der Waals surface area (Å²) in [7, 11) is 0. The number of hydrogen-bond acceptors (Lipinski definition) is 5. The Balaban J connectivity index is 1.52. The Morgan fingerprint density at radius 1 is 1.17 bits per heavy atom. The van der Waals surface area contributed by atoms with Crippen LogP contribution in [0.15, 0.2) is 18.2 Å². The second-order valence-corrected chi connectivity index (χ2v) is 6.00. The number of benzene rings is 1. The summed E-state index contributed by atoms with van der Waals surface area (Å²) in [6.07, 6.45) is 2.06. The van der Waals surface area contributed by atoms with E-state index < -0.39 is 23.3 Å².